The van der Waals surface area contributed by atoms with Crippen molar-refractivity contribution in [1.82, 2.24) is 9.97 Å². The molecule has 0 aromatic carbocycles. The molecule has 0 N–H and O–H groups in total. The minimum Gasteiger partial charge on any atom is -0.300 e. The van der Waals surface area contributed by atoms with Crippen LogP contribution in [0.15, 0.2) is 18.5 Å². The second kappa shape index (κ2) is 2.62. The zero-order valence-electron chi connectivity index (χ0n) is 7.94. The van der Waals surface area contributed by atoms with Gasteiger partial charge in [0.05, 0.1) is 0 Å². The molecule has 2 atom stereocenters. The minimum atomic E-state index is 0.176. The van der Waals surface area contributed by atoms with E-state index in [1.165, 1.54) is 0 Å². The molecule has 3 nitrogen and oxygen atoms in total. The maximum Gasteiger partial charge on any atom is 0.134 e. The van der Waals surface area contributed by atoms with Gasteiger partial charge in [-0.15, -0.1) is 0 Å². The van der Waals surface area contributed by atoms with Gasteiger partial charge in [-0.1, -0.05) is 0 Å². The molecular weight excluding hydrogens is 176 g/mol. The predicted molar refractivity (Wildman–Crippen MR) is 50.7 cm³/mol. The number of hydrogen-bond acceptors (Lipinski definition) is 3. The second-order valence-electron chi connectivity index (χ2n) is 4.37. The molecule has 1 aromatic rings. The molecule has 2 fully saturated rings. The molecule has 2 saturated carbocycles. The van der Waals surface area contributed by atoms with Crippen LogP contribution in [0.2, 0.25) is 0 Å². The van der Waals surface area contributed by atoms with Crippen LogP contribution in [0.25, 0.3) is 0 Å². The van der Waals surface area contributed by atoms with E-state index in [0.29, 0.717) is 11.7 Å². The number of carbonyl (C=O) groups excluding carboxylic acids is 1. The van der Waals surface area contributed by atoms with Crippen molar-refractivity contribution in [3.63, 3.8) is 0 Å². The fourth-order valence-electron chi connectivity index (χ4n) is 2.64. The lowest BCUT2D eigenvalue weighted by Crippen LogP contribution is -2.21. The molecule has 0 bridgehead atoms. The molecule has 0 aliphatic heterocycles. The molecule has 3 rings (SSSR count). The molecule has 3 heteroatoms. The Balaban J connectivity index is 1.91. The summed E-state index contributed by atoms with van der Waals surface area (Å²) in [6, 6.07) is 1.84. The Morgan fingerprint density at radius 1 is 1.36 bits per heavy atom. The highest BCUT2D eigenvalue weighted by atomic mass is 16.1. The number of aromatic nitrogens is 2. The summed E-state index contributed by atoms with van der Waals surface area (Å²) in [6.45, 7) is 0. The van der Waals surface area contributed by atoms with Gasteiger partial charge in [0.15, 0.2) is 0 Å². The van der Waals surface area contributed by atoms with Crippen molar-refractivity contribution in [3.8, 4) is 0 Å². The molecule has 72 valence electrons. The van der Waals surface area contributed by atoms with Gasteiger partial charge in [-0.05, 0) is 24.8 Å². The van der Waals surface area contributed by atoms with E-state index < -0.39 is 0 Å². The van der Waals surface area contributed by atoms with Gasteiger partial charge in [0.2, 0.25) is 0 Å². The quantitative estimate of drug-likeness (QED) is 0.670. The summed E-state index contributed by atoms with van der Waals surface area (Å²) in [4.78, 5) is 19.9. The maximum atomic E-state index is 11.2. The molecule has 0 amide bonds. The highest BCUT2D eigenvalue weighted by molar-refractivity contribution is 5.81. The Morgan fingerprint density at radius 3 is 2.86 bits per heavy atom. The normalized spacial score (nSPS) is 35.1. The highest BCUT2D eigenvalue weighted by Gasteiger charge is 2.59. The minimum absolute atomic E-state index is 0.176. The first-order valence-corrected chi connectivity index (χ1v) is 5.10. The van der Waals surface area contributed by atoms with Gasteiger partial charge < -0.3 is 0 Å². The van der Waals surface area contributed by atoms with Gasteiger partial charge in [-0.2, -0.15) is 0 Å². The van der Waals surface area contributed by atoms with E-state index in [9.17, 15) is 4.79 Å². The number of Topliss-reactive ketones (excluding diaryl/α,β-unsaturated/α-hetero) is 1. The number of rotatable bonds is 1. The molecule has 0 spiro atoms. The molecule has 14 heavy (non-hydrogen) atoms. The fraction of sp³-hybridized carbons (Fsp3) is 0.545. The molecule has 0 radical (unpaired) electrons. The first-order valence-electron chi connectivity index (χ1n) is 5.10. The molecular formula is C11H12N2O. The zero-order chi connectivity index (χ0) is 9.60. The summed E-state index contributed by atoms with van der Waals surface area (Å²) in [5.41, 5.74) is 0.176. The second-order valence-corrected chi connectivity index (χ2v) is 4.37. The molecule has 1 aromatic heterocycles. The van der Waals surface area contributed by atoms with Gasteiger partial charge in [-0.25, -0.2) is 9.97 Å². The summed E-state index contributed by atoms with van der Waals surface area (Å²) in [7, 11) is 0. The van der Waals surface area contributed by atoms with Crippen LogP contribution in [0.1, 0.15) is 31.5 Å². The smallest absolute Gasteiger partial charge is 0.134 e. The molecule has 2 aliphatic rings. The van der Waals surface area contributed by atoms with Crippen LogP contribution < -0.4 is 0 Å². The predicted octanol–water partition coefficient (Wildman–Crippen LogP) is 1.49. The standard InChI is InChI=1S/C11H12N2O/c14-9-2-3-11(7-8(11)6-9)10-12-4-1-5-13-10/h1,4-5,8H,2-3,6-7H2. The monoisotopic (exact) mass is 188 g/mol. The Morgan fingerprint density at radius 2 is 2.14 bits per heavy atom. The van der Waals surface area contributed by atoms with Crippen molar-refractivity contribution in [1.29, 1.82) is 0 Å². The molecule has 1 heterocycles. The highest BCUT2D eigenvalue weighted by Crippen LogP contribution is 2.60. The lowest BCUT2D eigenvalue weighted by atomic mass is 9.87. The molecule has 0 saturated heterocycles. The number of hydrogen-bond donors (Lipinski definition) is 0. The van der Waals surface area contributed by atoms with Gasteiger partial charge in [-0.3, -0.25) is 4.79 Å². The van der Waals surface area contributed by atoms with Crippen LogP contribution in [-0.2, 0) is 10.2 Å². The van der Waals surface area contributed by atoms with E-state index in [-0.39, 0.29) is 5.41 Å². The van der Waals surface area contributed by atoms with E-state index in [1.54, 1.807) is 12.4 Å². The summed E-state index contributed by atoms with van der Waals surface area (Å²) < 4.78 is 0. The van der Waals surface area contributed by atoms with Crippen molar-refractivity contribution in [3.05, 3.63) is 24.3 Å². The van der Waals surface area contributed by atoms with Crippen LogP contribution in [0.3, 0.4) is 0 Å². The van der Waals surface area contributed by atoms with Gasteiger partial charge >= 0.3 is 0 Å². The number of ketones is 1. The van der Waals surface area contributed by atoms with E-state index >= 15 is 0 Å². The topological polar surface area (TPSA) is 42.9 Å². The average Bonchev–Trinajstić information content (AvgIpc) is 2.94. The SMILES string of the molecule is O=C1CCC2(c3ncccn3)CC2C1. The summed E-state index contributed by atoms with van der Waals surface area (Å²) in [6.07, 6.45) is 7.13. The van der Waals surface area contributed by atoms with Crippen molar-refractivity contribution < 1.29 is 4.79 Å². The zero-order valence-corrected chi connectivity index (χ0v) is 7.94. The van der Waals surface area contributed by atoms with Crippen LogP contribution in [0.4, 0.5) is 0 Å². The Labute approximate surface area is 82.6 Å². The number of carbonyl (C=O) groups is 1. The fourth-order valence-corrected chi connectivity index (χ4v) is 2.64. The van der Waals surface area contributed by atoms with E-state index in [0.717, 1.165) is 31.5 Å². The lowest BCUT2D eigenvalue weighted by molar-refractivity contribution is -0.120. The Kier molecular flexibility index (Phi) is 1.52. The first-order chi connectivity index (χ1) is 6.81. The summed E-state index contributed by atoms with van der Waals surface area (Å²) in [5, 5.41) is 0. The van der Waals surface area contributed by atoms with Crippen molar-refractivity contribution in [2.24, 2.45) is 5.92 Å². The number of nitrogens with zero attached hydrogens (tertiary/aromatic N) is 2. The largest absolute Gasteiger partial charge is 0.300 e. The van der Waals surface area contributed by atoms with Crippen LogP contribution in [0, 0.1) is 5.92 Å². The number of fused-ring (bicyclic) bond motifs is 1. The van der Waals surface area contributed by atoms with Crippen LogP contribution in [-0.4, -0.2) is 15.8 Å². The van der Waals surface area contributed by atoms with Crippen molar-refractivity contribution in [2.75, 3.05) is 0 Å². The Bertz CT molecular complexity index is 376. The molecule has 2 unspecified atom stereocenters. The average molecular weight is 188 g/mol. The third-order valence-electron chi connectivity index (χ3n) is 3.57. The Hall–Kier alpha value is -1.25. The van der Waals surface area contributed by atoms with E-state index in [1.807, 2.05) is 6.07 Å². The summed E-state index contributed by atoms with van der Waals surface area (Å²) >= 11 is 0. The first kappa shape index (κ1) is 8.09. The third-order valence-corrected chi connectivity index (χ3v) is 3.57. The van der Waals surface area contributed by atoms with Gasteiger partial charge in [0, 0.05) is 30.7 Å². The van der Waals surface area contributed by atoms with Gasteiger partial charge in [0.1, 0.15) is 11.6 Å². The van der Waals surface area contributed by atoms with Crippen molar-refractivity contribution in [2.45, 2.75) is 31.1 Å². The van der Waals surface area contributed by atoms with Gasteiger partial charge in [0.25, 0.3) is 0 Å². The lowest BCUT2D eigenvalue weighted by Gasteiger charge is -2.19. The van der Waals surface area contributed by atoms with Crippen LogP contribution in [0.5, 0.6) is 0 Å². The third kappa shape index (κ3) is 1.01. The van der Waals surface area contributed by atoms with Crippen molar-refractivity contribution >= 4 is 5.78 Å². The summed E-state index contributed by atoms with van der Waals surface area (Å²) in [5.74, 6) is 1.91. The van der Waals surface area contributed by atoms with Crippen LogP contribution >= 0.6 is 0 Å². The van der Waals surface area contributed by atoms with E-state index in [2.05, 4.69) is 9.97 Å². The molecule has 2 aliphatic carbocycles. The maximum absolute atomic E-state index is 11.2. The van der Waals surface area contributed by atoms with E-state index in [4.69, 9.17) is 0 Å².